The number of carboxylic acid groups (broad SMARTS) is 1. The molecule has 1 aliphatic rings. The number of para-hydroxylation sites is 1. The van der Waals surface area contributed by atoms with Crippen molar-refractivity contribution >= 4 is 17.6 Å². The maximum Gasteiger partial charge on any atom is 0.308 e. The SMILES string of the molecule is O=C(O)C1CCC(=O)N(CCc2ccccc2[N+](=O)[O-])C1. The predicted molar refractivity (Wildman–Crippen MR) is 73.7 cm³/mol. The normalized spacial score (nSPS) is 18.6. The third-order valence-corrected chi connectivity index (χ3v) is 3.69. The van der Waals surface area contributed by atoms with Gasteiger partial charge in [0.25, 0.3) is 5.69 Å². The van der Waals surface area contributed by atoms with Crippen molar-refractivity contribution in [1.29, 1.82) is 0 Å². The number of nitro groups is 1. The molecular weight excluding hydrogens is 276 g/mol. The zero-order valence-electron chi connectivity index (χ0n) is 11.4. The van der Waals surface area contributed by atoms with Gasteiger partial charge in [-0.15, -0.1) is 0 Å². The Balaban J connectivity index is 2.03. The van der Waals surface area contributed by atoms with Crippen molar-refractivity contribution in [3.8, 4) is 0 Å². The summed E-state index contributed by atoms with van der Waals surface area (Å²) in [5, 5.41) is 19.9. The van der Waals surface area contributed by atoms with E-state index in [2.05, 4.69) is 0 Å². The van der Waals surface area contributed by atoms with Crippen molar-refractivity contribution in [1.82, 2.24) is 4.90 Å². The molecule has 1 amide bonds. The zero-order valence-corrected chi connectivity index (χ0v) is 11.4. The molecule has 2 rings (SSSR count). The van der Waals surface area contributed by atoms with Gasteiger partial charge in [0.15, 0.2) is 0 Å². The first-order valence-electron chi connectivity index (χ1n) is 6.72. The Bertz CT molecular complexity index is 572. The third kappa shape index (κ3) is 3.56. The molecular formula is C14H16N2O5. The van der Waals surface area contributed by atoms with E-state index < -0.39 is 16.8 Å². The lowest BCUT2D eigenvalue weighted by molar-refractivity contribution is -0.385. The van der Waals surface area contributed by atoms with Crippen LogP contribution in [0.4, 0.5) is 5.69 Å². The molecule has 1 saturated heterocycles. The molecule has 21 heavy (non-hydrogen) atoms. The standard InChI is InChI=1S/C14H16N2O5/c17-13-6-5-11(14(18)19)9-15(13)8-7-10-3-1-2-4-12(10)16(20)21/h1-4,11H,5-9H2,(H,18,19). The number of hydrogen-bond acceptors (Lipinski definition) is 4. The molecule has 0 spiro atoms. The fourth-order valence-corrected chi connectivity index (χ4v) is 2.49. The largest absolute Gasteiger partial charge is 0.481 e. The van der Waals surface area contributed by atoms with Gasteiger partial charge in [-0.2, -0.15) is 0 Å². The molecule has 0 aromatic heterocycles. The van der Waals surface area contributed by atoms with Gasteiger partial charge < -0.3 is 10.0 Å². The summed E-state index contributed by atoms with van der Waals surface area (Å²) in [6.07, 6.45) is 0.916. The van der Waals surface area contributed by atoms with Gasteiger partial charge in [-0.1, -0.05) is 18.2 Å². The van der Waals surface area contributed by atoms with Crippen LogP contribution < -0.4 is 0 Å². The number of benzene rings is 1. The van der Waals surface area contributed by atoms with Crippen LogP contribution in [0.2, 0.25) is 0 Å². The summed E-state index contributed by atoms with van der Waals surface area (Å²) in [6, 6.07) is 6.38. The average Bonchev–Trinajstić information content (AvgIpc) is 2.46. The number of carboxylic acids is 1. The lowest BCUT2D eigenvalue weighted by atomic mass is 9.97. The van der Waals surface area contributed by atoms with Crippen LogP contribution in [-0.2, 0) is 16.0 Å². The van der Waals surface area contributed by atoms with Crippen LogP contribution in [-0.4, -0.2) is 39.9 Å². The first kappa shape index (κ1) is 15.0. The van der Waals surface area contributed by atoms with Crippen LogP contribution >= 0.6 is 0 Å². The van der Waals surface area contributed by atoms with Crippen molar-refractivity contribution < 1.29 is 19.6 Å². The molecule has 7 heteroatoms. The summed E-state index contributed by atoms with van der Waals surface area (Å²) in [5.74, 6) is -1.54. The summed E-state index contributed by atoms with van der Waals surface area (Å²) in [7, 11) is 0. The van der Waals surface area contributed by atoms with E-state index in [1.165, 1.54) is 11.0 Å². The Morgan fingerprint density at radius 1 is 1.43 bits per heavy atom. The predicted octanol–water partition coefficient (Wildman–Crippen LogP) is 1.46. The number of rotatable bonds is 5. The molecule has 112 valence electrons. The number of carbonyl (C=O) groups excluding carboxylic acids is 1. The van der Waals surface area contributed by atoms with E-state index in [9.17, 15) is 19.7 Å². The smallest absolute Gasteiger partial charge is 0.308 e. The molecule has 1 atom stereocenters. The van der Waals surface area contributed by atoms with Crippen LogP contribution in [0.25, 0.3) is 0 Å². The van der Waals surface area contributed by atoms with Gasteiger partial charge in [-0.3, -0.25) is 19.7 Å². The zero-order chi connectivity index (χ0) is 15.4. The molecule has 7 nitrogen and oxygen atoms in total. The van der Waals surface area contributed by atoms with E-state index in [0.717, 1.165) is 0 Å². The van der Waals surface area contributed by atoms with Crippen LogP contribution in [0, 0.1) is 16.0 Å². The summed E-state index contributed by atoms with van der Waals surface area (Å²) < 4.78 is 0. The average molecular weight is 292 g/mol. The lowest BCUT2D eigenvalue weighted by Gasteiger charge is -2.30. The van der Waals surface area contributed by atoms with Gasteiger partial charge in [0.2, 0.25) is 5.91 Å². The molecule has 1 heterocycles. The van der Waals surface area contributed by atoms with Gasteiger partial charge in [0, 0.05) is 31.1 Å². The van der Waals surface area contributed by atoms with Crippen LogP contribution in [0.1, 0.15) is 18.4 Å². The Morgan fingerprint density at radius 2 is 2.14 bits per heavy atom. The number of hydrogen-bond donors (Lipinski definition) is 1. The van der Waals surface area contributed by atoms with Crippen molar-refractivity contribution in [3.05, 3.63) is 39.9 Å². The fraction of sp³-hybridized carbons (Fsp3) is 0.429. The Morgan fingerprint density at radius 3 is 2.81 bits per heavy atom. The quantitative estimate of drug-likeness (QED) is 0.654. The van der Waals surface area contributed by atoms with Gasteiger partial charge in [-0.25, -0.2) is 0 Å². The van der Waals surface area contributed by atoms with Gasteiger partial charge >= 0.3 is 5.97 Å². The number of aliphatic carboxylic acids is 1. The third-order valence-electron chi connectivity index (χ3n) is 3.69. The van der Waals surface area contributed by atoms with Gasteiger partial charge in [-0.05, 0) is 12.8 Å². The highest BCUT2D eigenvalue weighted by Crippen LogP contribution is 2.21. The summed E-state index contributed by atoms with van der Waals surface area (Å²) >= 11 is 0. The molecule has 1 unspecified atom stereocenters. The second-order valence-corrected chi connectivity index (χ2v) is 5.05. The highest BCUT2D eigenvalue weighted by atomic mass is 16.6. The van der Waals surface area contributed by atoms with Gasteiger partial charge in [0.05, 0.1) is 10.8 Å². The summed E-state index contributed by atoms with van der Waals surface area (Å²) in [5.41, 5.74) is 0.574. The first-order chi connectivity index (χ1) is 9.99. The summed E-state index contributed by atoms with van der Waals surface area (Å²) in [6.45, 7) is 0.474. The Kier molecular flexibility index (Phi) is 4.52. The van der Waals surface area contributed by atoms with Crippen molar-refractivity contribution in [2.75, 3.05) is 13.1 Å². The molecule has 0 bridgehead atoms. The number of nitrogens with zero attached hydrogens (tertiary/aromatic N) is 2. The molecule has 0 aliphatic carbocycles. The highest BCUT2D eigenvalue weighted by molar-refractivity contribution is 5.80. The minimum absolute atomic E-state index is 0.0248. The second kappa shape index (κ2) is 6.34. The van der Waals surface area contributed by atoms with Gasteiger partial charge in [0.1, 0.15) is 0 Å². The minimum atomic E-state index is -0.904. The van der Waals surface area contributed by atoms with E-state index >= 15 is 0 Å². The number of amides is 1. The van der Waals surface area contributed by atoms with E-state index in [4.69, 9.17) is 5.11 Å². The Labute approximate surface area is 121 Å². The molecule has 0 saturated carbocycles. The molecule has 1 aliphatic heterocycles. The topological polar surface area (TPSA) is 101 Å². The first-order valence-corrected chi connectivity index (χ1v) is 6.72. The Hall–Kier alpha value is -2.44. The second-order valence-electron chi connectivity index (χ2n) is 5.05. The number of piperidine rings is 1. The van der Waals surface area contributed by atoms with E-state index in [0.29, 0.717) is 24.9 Å². The van der Waals surface area contributed by atoms with E-state index in [1.807, 2.05) is 0 Å². The maximum atomic E-state index is 11.8. The van der Waals surface area contributed by atoms with Crippen LogP contribution in [0.15, 0.2) is 24.3 Å². The number of likely N-dealkylation sites (tertiary alicyclic amines) is 1. The van der Waals surface area contributed by atoms with E-state index in [1.54, 1.807) is 18.2 Å². The van der Waals surface area contributed by atoms with Crippen molar-refractivity contribution in [3.63, 3.8) is 0 Å². The molecule has 1 fully saturated rings. The highest BCUT2D eigenvalue weighted by Gasteiger charge is 2.30. The monoisotopic (exact) mass is 292 g/mol. The fourth-order valence-electron chi connectivity index (χ4n) is 2.49. The van der Waals surface area contributed by atoms with Crippen molar-refractivity contribution in [2.45, 2.75) is 19.3 Å². The lowest BCUT2D eigenvalue weighted by Crippen LogP contribution is -2.43. The molecule has 1 aromatic carbocycles. The summed E-state index contributed by atoms with van der Waals surface area (Å²) in [4.78, 5) is 34.8. The van der Waals surface area contributed by atoms with E-state index in [-0.39, 0.29) is 24.6 Å². The molecule has 1 N–H and O–H groups in total. The number of carbonyl (C=O) groups is 2. The van der Waals surface area contributed by atoms with Crippen LogP contribution in [0.5, 0.6) is 0 Å². The van der Waals surface area contributed by atoms with Crippen LogP contribution in [0.3, 0.4) is 0 Å². The maximum absolute atomic E-state index is 11.8. The number of nitro benzene ring substituents is 1. The molecule has 0 radical (unpaired) electrons. The molecule has 1 aromatic rings. The minimum Gasteiger partial charge on any atom is -0.481 e. The van der Waals surface area contributed by atoms with Crippen molar-refractivity contribution in [2.24, 2.45) is 5.92 Å².